The summed E-state index contributed by atoms with van der Waals surface area (Å²) in [6.45, 7) is 8.19. The molecule has 2 aromatic carbocycles. The second-order valence-electron chi connectivity index (χ2n) is 8.70. The maximum absolute atomic E-state index is 13.2. The zero-order valence-corrected chi connectivity index (χ0v) is 19.4. The molecule has 1 N–H and O–H groups in total. The Labute approximate surface area is 194 Å². The number of rotatable bonds is 7. The molecule has 4 rings (SSSR count). The summed E-state index contributed by atoms with van der Waals surface area (Å²) in [5.41, 5.74) is 3.95. The smallest absolute Gasteiger partial charge is 0.272 e. The van der Waals surface area contributed by atoms with Crippen LogP contribution < -0.4 is 10.1 Å². The molecule has 33 heavy (non-hydrogen) atoms. The molecule has 3 aromatic rings. The maximum Gasteiger partial charge on any atom is 0.272 e. The van der Waals surface area contributed by atoms with E-state index in [1.807, 2.05) is 62.1 Å². The van der Waals surface area contributed by atoms with Crippen molar-refractivity contribution in [1.29, 1.82) is 0 Å². The molecule has 2 heterocycles. The SMILES string of the molecule is Cc1ccc(CN2CCCn3nc(C(=O)NCc4ccc(OC(C)C)cc4)cc3C2=O)cc1. The van der Waals surface area contributed by atoms with E-state index >= 15 is 0 Å². The molecule has 0 aliphatic carbocycles. The van der Waals surface area contributed by atoms with E-state index in [9.17, 15) is 9.59 Å². The first kappa shape index (κ1) is 22.6. The second kappa shape index (κ2) is 9.90. The van der Waals surface area contributed by atoms with Crippen molar-refractivity contribution in [1.82, 2.24) is 20.0 Å². The quantitative estimate of drug-likeness (QED) is 0.596. The molecule has 0 fully saturated rings. The topological polar surface area (TPSA) is 76.5 Å². The Morgan fingerprint density at radius 1 is 1.06 bits per heavy atom. The summed E-state index contributed by atoms with van der Waals surface area (Å²) in [6, 6.07) is 17.4. The Morgan fingerprint density at radius 2 is 1.76 bits per heavy atom. The van der Waals surface area contributed by atoms with Crippen LogP contribution in [0.5, 0.6) is 5.75 Å². The molecule has 0 saturated carbocycles. The summed E-state index contributed by atoms with van der Waals surface area (Å²) in [4.78, 5) is 27.7. The molecule has 7 nitrogen and oxygen atoms in total. The van der Waals surface area contributed by atoms with Crippen molar-refractivity contribution in [2.45, 2.75) is 52.9 Å². The molecule has 1 aliphatic heterocycles. The lowest BCUT2D eigenvalue weighted by atomic mass is 10.1. The second-order valence-corrected chi connectivity index (χ2v) is 8.70. The van der Waals surface area contributed by atoms with E-state index in [0.717, 1.165) is 23.3 Å². The van der Waals surface area contributed by atoms with Crippen LogP contribution in [0.2, 0.25) is 0 Å². The van der Waals surface area contributed by atoms with Crippen LogP contribution in [0.15, 0.2) is 54.6 Å². The number of aromatic nitrogens is 2. The number of hydrogen-bond acceptors (Lipinski definition) is 4. The van der Waals surface area contributed by atoms with Gasteiger partial charge in [-0.05, 0) is 50.5 Å². The van der Waals surface area contributed by atoms with Crippen molar-refractivity contribution < 1.29 is 14.3 Å². The lowest BCUT2D eigenvalue weighted by Crippen LogP contribution is -2.30. The van der Waals surface area contributed by atoms with Gasteiger partial charge in [-0.25, -0.2) is 0 Å². The Balaban J connectivity index is 1.40. The number of hydrogen-bond donors (Lipinski definition) is 1. The van der Waals surface area contributed by atoms with Crippen LogP contribution in [0.25, 0.3) is 0 Å². The highest BCUT2D eigenvalue weighted by molar-refractivity contribution is 5.98. The van der Waals surface area contributed by atoms with Crippen LogP contribution >= 0.6 is 0 Å². The molecule has 172 valence electrons. The molecule has 1 aromatic heterocycles. The summed E-state index contributed by atoms with van der Waals surface area (Å²) in [5, 5.41) is 7.30. The fourth-order valence-corrected chi connectivity index (χ4v) is 3.84. The molecule has 0 spiro atoms. The van der Waals surface area contributed by atoms with E-state index in [-0.39, 0.29) is 23.6 Å². The number of carbonyl (C=O) groups is 2. The van der Waals surface area contributed by atoms with Gasteiger partial charge in [0.1, 0.15) is 11.4 Å². The molecule has 0 radical (unpaired) electrons. The summed E-state index contributed by atoms with van der Waals surface area (Å²) in [7, 11) is 0. The van der Waals surface area contributed by atoms with Crippen molar-refractivity contribution in [2.24, 2.45) is 0 Å². The Morgan fingerprint density at radius 3 is 2.45 bits per heavy atom. The third-order valence-electron chi connectivity index (χ3n) is 5.56. The molecule has 0 atom stereocenters. The molecule has 0 saturated heterocycles. The van der Waals surface area contributed by atoms with Crippen LogP contribution in [0.3, 0.4) is 0 Å². The van der Waals surface area contributed by atoms with Crippen LogP contribution in [-0.4, -0.2) is 39.1 Å². The average molecular weight is 447 g/mol. The highest BCUT2D eigenvalue weighted by Gasteiger charge is 2.26. The van der Waals surface area contributed by atoms with Gasteiger partial charge in [0.05, 0.1) is 6.10 Å². The monoisotopic (exact) mass is 446 g/mol. The van der Waals surface area contributed by atoms with Gasteiger partial charge in [-0.3, -0.25) is 14.3 Å². The average Bonchev–Trinajstić information content (AvgIpc) is 3.17. The van der Waals surface area contributed by atoms with Gasteiger partial charge < -0.3 is 15.0 Å². The number of fused-ring (bicyclic) bond motifs is 1. The number of nitrogens with zero attached hydrogens (tertiary/aromatic N) is 3. The molecule has 1 aliphatic rings. The number of ether oxygens (including phenoxy) is 1. The largest absolute Gasteiger partial charge is 0.491 e. The normalized spacial score (nSPS) is 13.6. The van der Waals surface area contributed by atoms with Gasteiger partial charge in [-0.2, -0.15) is 5.10 Å². The predicted octanol–water partition coefficient (Wildman–Crippen LogP) is 3.95. The van der Waals surface area contributed by atoms with Crippen LogP contribution in [-0.2, 0) is 19.6 Å². The zero-order valence-electron chi connectivity index (χ0n) is 19.4. The summed E-state index contributed by atoms with van der Waals surface area (Å²) >= 11 is 0. The molecule has 0 unspecified atom stereocenters. The van der Waals surface area contributed by atoms with Crippen LogP contribution in [0.1, 0.15) is 57.9 Å². The van der Waals surface area contributed by atoms with E-state index in [4.69, 9.17) is 4.74 Å². The Bertz CT molecular complexity index is 1120. The zero-order chi connectivity index (χ0) is 23.4. The lowest BCUT2D eigenvalue weighted by Gasteiger charge is -2.20. The lowest BCUT2D eigenvalue weighted by molar-refractivity contribution is 0.0745. The van der Waals surface area contributed by atoms with Gasteiger partial charge in [0, 0.05) is 32.2 Å². The minimum atomic E-state index is -0.295. The van der Waals surface area contributed by atoms with E-state index in [2.05, 4.69) is 22.5 Å². The fourth-order valence-electron chi connectivity index (χ4n) is 3.84. The third kappa shape index (κ3) is 5.61. The third-order valence-corrected chi connectivity index (χ3v) is 5.56. The number of carbonyl (C=O) groups excluding carboxylic acids is 2. The standard InChI is InChI=1S/C26H30N4O3/c1-18(2)33-22-11-9-20(10-12-22)16-27-25(31)23-15-24-26(32)29(13-4-14-30(24)28-23)17-21-7-5-19(3)6-8-21/h5-12,15,18H,4,13-14,16-17H2,1-3H3,(H,27,31). The van der Waals surface area contributed by atoms with Crippen molar-refractivity contribution in [2.75, 3.05) is 6.54 Å². The van der Waals surface area contributed by atoms with E-state index in [0.29, 0.717) is 31.9 Å². The van der Waals surface area contributed by atoms with Gasteiger partial charge in [-0.1, -0.05) is 42.0 Å². The van der Waals surface area contributed by atoms with Gasteiger partial charge >= 0.3 is 0 Å². The van der Waals surface area contributed by atoms with E-state index in [1.165, 1.54) is 5.56 Å². The fraction of sp³-hybridized carbons (Fsp3) is 0.346. The molecular weight excluding hydrogens is 416 g/mol. The first-order chi connectivity index (χ1) is 15.9. The maximum atomic E-state index is 13.2. The Kier molecular flexibility index (Phi) is 6.77. The number of aryl methyl sites for hydroxylation is 2. The molecule has 2 amide bonds. The summed E-state index contributed by atoms with van der Waals surface area (Å²) in [5.74, 6) is 0.406. The van der Waals surface area contributed by atoms with Crippen molar-refractivity contribution in [3.05, 3.63) is 82.7 Å². The van der Waals surface area contributed by atoms with E-state index < -0.39 is 0 Å². The van der Waals surface area contributed by atoms with E-state index in [1.54, 1.807) is 10.7 Å². The highest BCUT2D eigenvalue weighted by atomic mass is 16.5. The number of nitrogens with one attached hydrogen (secondary N) is 1. The minimum absolute atomic E-state index is 0.0969. The Hall–Kier alpha value is -3.61. The molecular formula is C26H30N4O3. The van der Waals surface area contributed by atoms with Gasteiger partial charge in [0.2, 0.25) is 0 Å². The van der Waals surface area contributed by atoms with Gasteiger partial charge in [0.15, 0.2) is 5.69 Å². The van der Waals surface area contributed by atoms with Crippen molar-refractivity contribution in [3.8, 4) is 5.75 Å². The first-order valence-electron chi connectivity index (χ1n) is 11.4. The van der Waals surface area contributed by atoms with Crippen molar-refractivity contribution >= 4 is 11.8 Å². The van der Waals surface area contributed by atoms with Crippen LogP contribution in [0.4, 0.5) is 0 Å². The van der Waals surface area contributed by atoms with Gasteiger partial charge in [0.25, 0.3) is 11.8 Å². The van der Waals surface area contributed by atoms with Gasteiger partial charge in [-0.15, -0.1) is 0 Å². The summed E-state index contributed by atoms with van der Waals surface area (Å²) < 4.78 is 7.30. The summed E-state index contributed by atoms with van der Waals surface area (Å²) in [6.07, 6.45) is 0.903. The minimum Gasteiger partial charge on any atom is -0.491 e. The molecule has 0 bridgehead atoms. The van der Waals surface area contributed by atoms with Crippen LogP contribution in [0, 0.1) is 6.92 Å². The molecule has 7 heteroatoms. The predicted molar refractivity (Wildman–Crippen MR) is 126 cm³/mol. The van der Waals surface area contributed by atoms with Crippen molar-refractivity contribution in [3.63, 3.8) is 0 Å². The number of benzene rings is 2. The first-order valence-corrected chi connectivity index (χ1v) is 11.4. The highest BCUT2D eigenvalue weighted by Crippen LogP contribution is 2.18. The number of amides is 2.